The zero-order valence-corrected chi connectivity index (χ0v) is 10.5. The maximum Gasteiger partial charge on any atom is 0.573 e. The Hall–Kier alpha value is -1.43. The summed E-state index contributed by atoms with van der Waals surface area (Å²) >= 11 is 0. The Morgan fingerprint density at radius 3 is 2.37 bits per heavy atom. The highest BCUT2D eigenvalue weighted by molar-refractivity contribution is 5.47. The van der Waals surface area contributed by atoms with Crippen LogP contribution in [0.4, 0.5) is 18.9 Å². The van der Waals surface area contributed by atoms with Gasteiger partial charge in [0.05, 0.1) is 12.6 Å². The molecule has 1 aromatic carbocycles. The lowest BCUT2D eigenvalue weighted by molar-refractivity contribution is -0.274. The number of methoxy groups -OCH3 is 1. The standard InChI is InChI=1S/C13H16F3NO2/c1-18-8-12(9-2-3-9)17-10-4-6-11(7-5-10)19-13(14,15)16/h4-7,9,12,17H,2-3,8H2,1H3. The highest BCUT2D eigenvalue weighted by Crippen LogP contribution is 2.34. The van der Waals surface area contributed by atoms with Crippen LogP contribution in [0, 0.1) is 5.92 Å². The fourth-order valence-corrected chi connectivity index (χ4v) is 1.94. The molecule has 0 radical (unpaired) electrons. The molecule has 0 aliphatic heterocycles. The van der Waals surface area contributed by atoms with Gasteiger partial charge >= 0.3 is 6.36 Å². The van der Waals surface area contributed by atoms with Crippen molar-refractivity contribution in [3.05, 3.63) is 24.3 Å². The fourth-order valence-electron chi connectivity index (χ4n) is 1.94. The third kappa shape index (κ3) is 4.63. The van der Waals surface area contributed by atoms with Gasteiger partial charge in [-0.2, -0.15) is 0 Å². The van der Waals surface area contributed by atoms with Gasteiger partial charge in [-0.25, -0.2) is 0 Å². The zero-order valence-electron chi connectivity index (χ0n) is 10.5. The van der Waals surface area contributed by atoms with Crippen LogP contribution in [0.3, 0.4) is 0 Å². The van der Waals surface area contributed by atoms with E-state index in [2.05, 4.69) is 10.1 Å². The van der Waals surface area contributed by atoms with Gasteiger partial charge in [0.25, 0.3) is 0 Å². The largest absolute Gasteiger partial charge is 0.573 e. The minimum Gasteiger partial charge on any atom is -0.406 e. The maximum absolute atomic E-state index is 12.0. The number of rotatable bonds is 6. The van der Waals surface area contributed by atoms with Gasteiger partial charge in [0.15, 0.2) is 0 Å². The number of alkyl halides is 3. The fraction of sp³-hybridized carbons (Fsp3) is 0.538. The van der Waals surface area contributed by atoms with Gasteiger partial charge in [-0.3, -0.25) is 0 Å². The third-order valence-corrected chi connectivity index (χ3v) is 2.98. The molecular weight excluding hydrogens is 259 g/mol. The van der Waals surface area contributed by atoms with E-state index >= 15 is 0 Å². The van der Waals surface area contributed by atoms with Crippen LogP contribution < -0.4 is 10.1 Å². The molecule has 1 N–H and O–H groups in total. The first-order valence-electron chi connectivity index (χ1n) is 6.09. The van der Waals surface area contributed by atoms with Crippen molar-refractivity contribution in [2.24, 2.45) is 5.92 Å². The second-order valence-electron chi connectivity index (χ2n) is 4.62. The Bertz CT molecular complexity index is 401. The van der Waals surface area contributed by atoms with Gasteiger partial charge in [0.2, 0.25) is 0 Å². The second-order valence-corrected chi connectivity index (χ2v) is 4.62. The molecule has 0 aromatic heterocycles. The molecule has 106 valence electrons. The van der Waals surface area contributed by atoms with Crippen molar-refractivity contribution in [3.8, 4) is 5.75 Å². The van der Waals surface area contributed by atoms with Crippen molar-refractivity contribution in [3.63, 3.8) is 0 Å². The molecule has 1 unspecified atom stereocenters. The van der Waals surface area contributed by atoms with Crippen LogP contribution >= 0.6 is 0 Å². The lowest BCUT2D eigenvalue weighted by atomic mass is 10.2. The van der Waals surface area contributed by atoms with E-state index in [1.165, 1.54) is 12.1 Å². The van der Waals surface area contributed by atoms with E-state index in [9.17, 15) is 13.2 Å². The summed E-state index contributed by atoms with van der Waals surface area (Å²) in [5.74, 6) is 0.374. The van der Waals surface area contributed by atoms with E-state index in [0.717, 1.165) is 18.5 Å². The molecule has 3 nitrogen and oxygen atoms in total. The Balaban J connectivity index is 1.93. The summed E-state index contributed by atoms with van der Waals surface area (Å²) in [6, 6.07) is 5.96. The Kier molecular flexibility index (Phi) is 4.19. The summed E-state index contributed by atoms with van der Waals surface area (Å²) in [6.45, 7) is 0.589. The summed E-state index contributed by atoms with van der Waals surface area (Å²) < 4.78 is 45.0. The van der Waals surface area contributed by atoms with Crippen molar-refractivity contribution >= 4 is 5.69 Å². The topological polar surface area (TPSA) is 30.5 Å². The van der Waals surface area contributed by atoms with Crippen molar-refractivity contribution < 1.29 is 22.6 Å². The number of nitrogens with one attached hydrogen (secondary N) is 1. The first-order chi connectivity index (χ1) is 8.98. The lowest BCUT2D eigenvalue weighted by Crippen LogP contribution is -2.27. The van der Waals surface area contributed by atoms with Gasteiger partial charge in [-0.1, -0.05) is 0 Å². The molecule has 1 aromatic rings. The van der Waals surface area contributed by atoms with Gasteiger partial charge in [0.1, 0.15) is 5.75 Å². The molecule has 19 heavy (non-hydrogen) atoms. The molecule has 0 bridgehead atoms. The second kappa shape index (κ2) is 5.69. The van der Waals surface area contributed by atoms with Crippen LogP contribution in [0.1, 0.15) is 12.8 Å². The number of hydrogen-bond donors (Lipinski definition) is 1. The van der Waals surface area contributed by atoms with Gasteiger partial charge < -0.3 is 14.8 Å². The van der Waals surface area contributed by atoms with Crippen LogP contribution in [-0.2, 0) is 4.74 Å². The summed E-state index contributed by atoms with van der Waals surface area (Å²) in [4.78, 5) is 0. The van der Waals surface area contributed by atoms with E-state index < -0.39 is 6.36 Å². The average molecular weight is 275 g/mol. The van der Waals surface area contributed by atoms with Gasteiger partial charge in [-0.15, -0.1) is 13.2 Å². The zero-order chi connectivity index (χ0) is 13.9. The average Bonchev–Trinajstić information content (AvgIpc) is 3.13. The van der Waals surface area contributed by atoms with Crippen molar-refractivity contribution in [2.75, 3.05) is 19.0 Å². The van der Waals surface area contributed by atoms with E-state index in [4.69, 9.17) is 4.74 Å². The predicted molar refractivity (Wildman–Crippen MR) is 65.1 cm³/mol. The SMILES string of the molecule is COCC(Nc1ccc(OC(F)(F)F)cc1)C1CC1. The van der Waals surface area contributed by atoms with Crippen molar-refractivity contribution in [1.82, 2.24) is 0 Å². The smallest absolute Gasteiger partial charge is 0.406 e. The monoisotopic (exact) mass is 275 g/mol. The normalized spacial score (nSPS) is 17.1. The summed E-state index contributed by atoms with van der Waals surface area (Å²) in [5, 5.41) is 3.27. The first-order valence-corrected chi connectivity index (χ1v) is 6.09. The maximum atomic E-state index is 12.0. The summed E-state index contributed by atoms with van der Waals surface area (Å²) in [7, 11) is 1.64. The first kappa shape index (κ1) is 14.0. The van der Waals surface area contributed by atoms with Crippen molar-refractivity contribution in [1.29, 1.82) is 0 Å². The Morgan fingerprint density at radius 1 is 1.26 bits per heavy atom. The summed E-state index contributed by atoms with van der Waals surface area (Å²) in [6.07, 6.45) is -2.33. The molecule has 0 spiro atoms. The van der Waals surface area contributed by atoms with Gasteiger partial charge in [0, 0.05) is 12.8 Å². The summed E-state index contributed by atoms with van der Waals surface area (Å²) in [5.41, 5.74) is 0.767. The van der Waals surface area contributed by atoms with Crippen molar-refractivity contribution in [2.45, 2.75) is 25.2 Å². The molecule has 0 saturated heterocycles. The molecule has 0 heterocycles. The predicted octanol–water partition coefficient (Wildman–Crippen LogP) is 3.42. The quantitative estimate of drug-likeness (QED) is 0.863. The number of halogens is 3. The Morgan fingerprint density at radius 2 is 1.89 bits per heavy atom. The molecule has 1 atom stereocenters. The Labute approximate surface area is 109 Å². The van der Waals surface area contributed by atoms with Gasteiger partial charge in [-0.05, 0) is 43.0 Å². The van der Waals surface area contributed by atoms with Crippen LogP contribution in [0.25, 0.3) is 0 Å². The van der Waals surface area contributed by atoms with E-state index in [0.29, 0.717) is 12.5 Å². The molecule has 2 rings (SSSR count). The highest BCUT2D eigenvalue weighted by atomic mass is 19.4. The molecule has 0 amide bonds. The lowest BCUT2D eigenvalue weighted by Gasteiger charge is -2.19. The number of ether oxygens (including phenoxy) is 2. The molecule has 1 saturated carbocycles. The minimum absolute atomic E-state index is 0.208. The number of hydrogen-bond acceptors (Lipinski definition) is 3. The minimum atomic E-state index is -4.65. The van der Waals surface area contributed by atoms with Crippen LogP contribution in [0.5, 0.6) is 5.75 Å². The van der Waals surface area contributed by atoms with E-state index in [1.54, 1.807) is 19.2 Å². The number of benzene rings is 1. The van der Waals surface area contributed by atoms with Crippen LogP contribution in [0.2, 0.25) is 0 Å². The van der Waals surface area contributed by atoms with Crippen LogP contribution in [0.15, 0.2) is 24.3 Å². The highest BCUT2D eigenvalue weighted by Gasteiger charge is 2.32. The van der Waals surface area contributed by atoms with E-state index in [-0.39, 0.29) is 11.8 Å². The molecule has 1 aliphatic rings. The molecule has 6 heteroatoms. The van der Waals surface area contributed by atoms with Crippen LogP contribution in [-0.4, -0.2) is 26.1 Å². The third-order valence-electron chi connectivity index (χ3n) is 2.98. The molecular formula is C13H16F3NO2. The number of anilines is 1. The van der Waals surface area contributed by atoms with E-state index in [1.807, 2.05) is 0 Å². The molecule has 1 fully saturated rings. The molecule has 1 aliphatic carbocycles.